The Bertz CT molecular complexity index is 428. The van der Waals surface area contributed by atoms with Crippen molar-refractivity contribution in [1.82, 2.24) is 0 Å². The van der Waals surface area contributed by atoms with Gasteiger partial charge in [0.15, 0.2) is 0 Å². The van der Waals surface area contributed by atoms with Gasteiger partial charge in [0.2, 0.25) is 0 Å². The topological polar surface area (TPSA) is 35.5 Å². The van der Waals surface area contributed by atoms with Crippen LogP contribution in [0.3, 0.4) is 0 Å². The molecule has 17 heavy (non-hydrogen) atoms. The number of esters is 1. The zero-order valence-electron chi connectivity index (χ0n) is 10.7. The van der Waals surface area contributed by atoms with Crippen molar-refractivity contribution < 1.29 is 14.3 Å². The second-order valence-electron chi connectivity index (χ2n) is 4.67. The molecule has 0 spiro atoms. The summed E-state index contributed by atoms with van der Waals surface area (Å²) in [7, 11) is 1.52. The van der Waals surface area contributed by atoms with E-state index >= 15 is 0 Å². The van der Waals surface area contributed by atoms with Gasteiger partial charge in [0, 0.05) is 0 Å². The van der Waals surface area contributed by atoms with Gasteiger partial charge in [-0.15, -0.1) is 0 Å². The van der Waals surface area contributed by atoms with E-state index in [1.54, 1.807) is 18.2 Å². The summed E-state index contributed by atoms with van der Waals surface area (Å²) >= 11 is 0. The fourth-order valence-electron chi connectivity index (χ4n) is 1.35. The lowest BCUT2D eigenvalue weighted by Crippen LogP contribution is -2.24. The Balaban J connectivity index is 3.10. The van der Waals surface area contributed by atoms with Gasteiger partial charge in [0.25, 0.3) is 0 Å². The first-order valence-corrected chi connectivity index (χ1v) is 5.41. The van der Waals surface area contributed by atoms with Crippen LogP contribution < -0.4 is 4.74 Å². The van der Waals surface area contributed by atoms with Crippen LogP contribution in [0.4, 0.5) is 0 Å². The van der Waals surface area contributed by atoms with Crippen molar-refractivity contribution in [2.45, 2.75) is 26.4 Å². The molecule has 1 aromatic carbocycles. The second-order valence-corrected chi connectivity index (χ2v) is 4.67. The number of benzene rings is 1. The summed E-state index contributed by atoms with van der Waals surface area (Å²) in [6.45, 7) is 9.15. The molecule has 0 aliphatic rings. The summed E-state index contributed by atoms with van der Waals surface area (Å²) in [5, 5.41) is 0. The van der Waals surface area contributed by atoms with Crippen LogP contribution in [0.2, 0.25) is 0 Å². The molecule has 1 aromatic rings. The number of carbonyl (C=O) groups is 1. The maximum atomic E-state index is 12.0. The highest BCUT2D eigenvalue weighted by Gasteiger charge is 2.20. The SMILES string of the molecule is C=Cc1ccc(OC)c(C(=O)OC(C)(C)C)c1. The average Bonchev–Trinajstić information content (AvgIpc) is 2.25. The molecule has 0 bridgehead atoms. The van der Waals surface area contributed by atoms with Gasteiger partial charge in [0.05, 0.1) is 7.11 Å². The molecular formula is C14H18O3. The van der Waals surface area contributed by atoms with Crippen LogP contribution in [0.25, 0.3) is 6.08 Å². The largest absolute Gasteiger partial charge is 0.496 e. The first kappa shape index (κ1) is 13.3. The molecule has 0 aromatic heterocycles. The summed E-state index contributed by atoms with van der Waals surface area (Å²) in [5.41, 5.74) is 0.748. The van der Waals surface area contributed by atoms with Gasteiger partial charge in [-0.3, -0.25) is 0 Å². The maximum Gasteiger partial charge on any atom is 0.342 e. The van der Waals surface area contributed by atoms with Crippen molar-refractivity contribution in [3.63, 3.8) is 0 Å². The molecule has 0 aliphatic carbocycles. The summed E-state index contributed by atoms with van der Waals surface area (Å²) in [6, 6.07) is 5.27. The van der Waals surface area contributed by atoms with E-state index in [4.69, 9.17) is 9.47 Å². The standard InChI is InChI=1S/C14H18O3/c1-6-10-7-8-12(16-5)11(9-10)13(15)17-14(2,3)4/h6-9H,1H2,2-5H3. The number of hydrogen-bond donors (Lipinski definition) is 0. The first-order chi connectivity index (χ1) is 7.87. The number of hydrogen-bond acceptors (Lipinski definition) is 3. The van der Waals surface area contributed by atoms with E-state index in [1.807, 2.05) is 26.8 Å². The van der Waals surface area contributed by atoms with Crippen molar-refractivity contribution in [3.05, 3.63) is 35.9 Å². The normalized spacial score (nSPS) is 10.8. The van der Waals surface area contributed by atoms with E-state index < -0.39 is 11.6 Å². The molecule has 0 fully saturated rings. The molecule has 0 amide bonds. The second kappa shape index (κ2) is 5.04. The third kappa shape index (κ3) is 3.63. The third-order valence-corrected chi connectivity index (χ3v) is 2.08. The van der Waals surface area contributed by atoms with Crippen LogP contribution in [-0.2, 0) is 4.74 Å². The molecule has 1 rings (SSSR count). The zero-order chi connectivity index (χ0) is 13.1. The molecular weight excluding hydrogens is 216 g/mol. The molecule has 92 valence electrons. The minimum atomic E-state index is -0.522. The highest BCUT2D eigenvalue weighted by Crippen LogP contribution is 2.23. The van der Waals surface area contributed by atoms with Gasteiger partial charge < -0.3 is 9.47 Å². The Morgan fingerprint density at radius 1 is 1.35 bits per heavy atom. The Morgan fingerprint density at radius 3 is 2.47 bits per heavy atom. The Labute approximate surface area is 102 Å². The number of methoxy groups -OCH3 is 1. The fraction of sp³-hybridized carbons (Fsp3) is 0.357. The lowest BCUT2D eigenvalue weighted by atomic mass is 10.1. The van der Waals surface area contributed by atoms with E-state index in [0.29, 0.717) is 11.3 Å². The lowest BCUT2D eigenvalue weighted by Gasteiger charge is -2.20. The molecule has 0 saturated carbocycles. The van der Waals surface area contributed by atoms with Gasteiger partial charge in [-0.05, 0) is 38.5 Å². The summed E-state index contributed by atoms with van der Waals surface area (Å²) in [4.78, 5) is 12.0. The molecule has 0 atom stereocenters. The average molecular weight is 234 g/mol. The molecule has 0 aliphatic heterocycles. The van der Waals surface area contributed by atoms with E-state index in [1.165, 1.54) is 7.11 Å². The number of rotatable bonds is 3. The molecule has 0 N–H and O–H groups in total. The first-order valence-electron chi connectivity index (χ1n) is 5.41. The van der Waals surface area contributed by atoms with Crippen molar-refractivity contribution in [3.8, 4) is 5.75 Å². The summed E-state index contributed by atoms with van der Waals surface area (Å²) < 4.78 is 10.5. The number of carbonyl (C=O) groups excluding carboxylic acids is 1. The highest BCUT2D eigenvalue weighted by atomic mass is 16.6. The molecule has 0 heterocycles. The van der Waals surface area contributed by atoms with E-state index in [2.05, 4.69) is 6.58 Å². The lowest BCUT2D eigenvalue weighted by molar-refractivity contribution is 0.00665. The Morgan fingerprint density at radius 2 is 2.00 bits per heavy atom. The van der Waals surface area contributed by atoms with E-state index in [-0.39, 0.29) is 0 Å². The predicted octanol–water partition coefficient (Wildman–Crippen LogP) is 3.29. The minimum Gasteiger partial charge on any atom is -0.496 e. The van der Waals surface area contributed by atoms with E-state index in [9.17, 15) is 4.79 Å². The monoisotopic (exact) mass is 234 g/mol. The quantitative estimate of drug-likeness (QED) is 0.753. The van der Waals surface area contributed by atoms with Crippen molar-refractivity contribution >= 4 is 12.0 Å². The minimum absolute atomic E-state index is 0.391. The fourth-order valence-corrected chi connectivity index (χ4v) is 1.35. The van der Waals surface area contributed by atoms with Crippen LogP contribution in [0.1, 0.15) is 36.7 Å². The van der Waals surface area contributed by atoms with Gasteiger partial charge in [-0.1, -0.05) is 18.7 Å². The maximum absolute atomic E-state index is 12.0. The smallest absolute Gasteiger partial charge is 0.342 e. The highest BCUT2D eigenvalue weighted by molar-refractivity contribution is 5.93. The third-order valence-electron chi connectivity index (χ3n) is 2.08. The molecule has 0 saturated heterocycles. The van der Waals surface area contributed by atoms with Gasteiger partial charge >= 0.3 is 5.97 Å². The van der Waals surface area contributed by atoms with Crippen molar-refractivity contribution in [2.75, 3.05) is 7.11 Å². The molecule has 3 nitrogen and oxygen atoms in total. The van der Waals surface area contributed by atoms with Crippen LogP contribution in [-0.4, -0.2) is 18.7 Å². The van der Waals surface area contributed by atoms with Crippen LogP contribution in [0.15, 0.2) is 24.8 Å². The van der Waals surface area contributed by atoms with Crippen LogP contribution >= 0.6 is 0 Å². The van der Waals surface area contributed by atoms with Gasteiger partial charge in [0.1, 0.15) is 16.9 Å². The molecule has 3 heteroatoms. The van der Waals surface area contributed by atoms with Gasteiger partial charge in [-0.25, -0.2) is 4.79 Å². The van der Waals surface area contributed by atoms with Crippen LogP contribution in [0.5, 0.6) is 5.75 Å². The Hall–Kier alpha value is -1.77. The van der Waals surface area contributed by atoms with Crippen molar-refractivity contribution in [2.24, 2.45) is 0 Å². The summed E-state index contributed by atoms with van der Waals surface area (Å²) in [6.07, 6.45) is 1.67. The predicted molar refractivity (Wildman–Crippen MR) is 68.3 cm³/mol. The molecule has 0 unspecified atom stereocenters. The number of ether oxygens (including phenoxy) is 2. The van der Waals surface area contributed by atoms with Gasteiger partial charge in [-0.2, -0.15) is 0 Å². The zero-order valence-corrected chi connectivity index (χ0v) is 10.7. The summed E-state index contributed by atoms with van der Waals surface area (Å²) in [5.74, 6) is 0.114. The molecule has 0 radical (unpaired) electrons. The van der Waals surface area contributed by atoms with Crippen LogP contribution in [0, 0.1) is 0 Å². The van der Waals surface area contributed by atoms with E-state index in [0.717, 1.165) is 5.56 Å². The Kier molecular flexibility index (Phi) is 3.94. The van der Waals surface area contributed by atoms with Crippen molar-refractivity contribution in [1.29, 1.82) is 0 Å².